The lowest BCUT2D eigenvalue weighted by Crippen LogP contribution is -2.06. The summed E-state index contributed by atoms with van der Waals surface area (Å²) in [5.74, 6) is -0.563. The highest BCUT2D eigenvalue weighted by Crippen LogP contribution is 2.16. The first-order valence-electron chi connectivity index (χ1n) is 4.70. The molecule has 0 atom stereocenters. The molecule has 3 nitrogen and oxygen atoms in total. The molecule has 0 aromatic heterocycles. The zero-order valence-electron chi connectivity index (χ0n) is 8.69. The van der Waals surface area contributed by atoms with Crippen LogP contribution in [0.3, 0.4) is 0 Å². The van der Waals surface area contributed by atoms with Crippen LogP contribution in [0.1, 0.15) is 23.7 Å². The van der Waals surface area contributed by atoms with Crippen LogP contribution in [-0.2, 0) is 4.74 Å². The van der Waals surface area contributed by atoms with E-state index < -0.39 is 5.97 Å². The van der Waals surface area contributed by atoms with Crippen LogP contribution in [0.4, 0.5) is 0 Å². The molecular formula is C12H14O3. The lowest BCUT2D eigenvalue weighted by atomic mass is 10.2. The number of carbonyl (C=O) groups excluding carboxylic acids is 1. The number of hydrogen-bond acceptors (Lipinski definition) is 3. The Hall–Kier alpha value is -1.77. The summed E-state index contributed by atoms with van der Waals surface area (Å²) in [6.45, 7) is 5.86. The van der Waals surface area contributed by atoms with Crippen molar-refractivity contribution in [3.63, 3.8) is 0 Å². The predicted octanol–water partition coefficient (Wildman–Crippen LogP) is 2.52. The van der Waals surface area contributed by atoms with Crippen LogP contribution in [0.2, 0.25) is 0 Å². The summed E-state index contributed by atoms with van der Waals surface area (Å²) in [5.41, 5.74) is 1.15. The van der Waals surface area contributed by atoms with Crippen molar-refractivity contribution in [2.24, 2.45) is 0 Å². The summed E-state index contributed by atoms with van der Waals surface area (Å²) >= 11 is 0. The van der Waals surface area contributed by atoms with Crippen molar-refractivity contribution >= 4 is 5.97 Å². The summed E-state index contributed by atoms with van der Waals surface area (Å²) in [5, 5.41) is 9.37. The lowest BCUT2D eigenvalue weighted by molar-refractivity contribution is 0.0506. The number of carbonyl (C=O) groups is 1. The number of esters is 1. The summed E-state index contributed by atoms with van der Waals surface area (Å²) in [4.78, 5) is 11.4. The van der Waals surface area contributed by atoms with E-state index in [0.29, 0.717) is 13.0 Å². The Kier molecular flexibility index (Phi) is 3.92. The highest BCUT2D eigenvalue weighted by atomic mass is 16.5. The number of rotatable bonds is 4. The van der Waals surface area contributed by atoms with Crippen LogP contribution >= 0.6 is 0 Å². The zero-order chi connectivity index (χ0) is 11.3. The molecular weight excluding hydrogens is 192 g/mol. The number of para-hydroxylation sites is 1. The van der Waals surface area contributed by atoms with Crippen molar-refractivity contribution in [2.45, 2.75) is 13.3 Å². The monoisotopic (exact) mass is 206 g/mol. The van der Waals surface area contributed by atoms with E-state index in [0.717, 1.165) is 5.57 Å². The molecule has 3 heteroatoms. The number of ether oxygens (including phenoxy) is 1. The van der Waals surface area contributed by atoms with Gasteiger partial charge in [0.15, 0.2) is 0 Å². The van der Waals surface area contributed by atoms with Gasteiger partial charge in [0.1, 0.15) is 11.3 Å². The molecule has 1 rings (SSSR count). The molecule has 0 unspecified atom stereocenters. The Morgan fingerprint density at radius 1 is 1.47 bits per heavy atom. The third-order valence-electron chi connectivity index (χ3n) is 1.89. The topological polar surface area (TPSA) is 46.5 Å². The van der Waals surface area contributed by atoms with Gasteiger partial charge >= 0.3 is 5.97 Å². The first-order chi connectivity index (χ1) is 7.11. The van der Waals surface area contributed by atoms with Gasteiger partial charge in [0.05, 0.1) is 6.61 Å². The van der Waals surface area contributed by atoms with Crippen molar-refractivity contribution in [1.82, 2.24) is 0 Å². The van der Waals surface area contributed by atoms with Crippen molar-refractivity contribution < 1.29 is 14.6 Å². The Labute approximate surface area is 89.0 Å². The minimum absolute atomic E-state index is 0.0576. The van der Waals surface area contributed by atoms with Gasteiger partial charge in [0.25, 0.3) is 0 Å². The van der Waals surface area contributed by atoms with Gasteiger partial charge in [-0.1, -0.05) is 17.7 Å². The normalized spacial score (nSPS) is 9.67. The largest absolute Gasteiger partial charge is 0.507 e. The van der Waals surface area contributed by atoms with E-state index in [4.69, 9.17) is 4.74 Å². The fourth-order valence-electron chi connectivity index (χ4n) is 1.04. The van der Waals surface area contributed by atoms with Crippen LogP contribution in [0.25, 0.3) is 0 Å². The van der Waals surface area contributed by atoms with Crippen molar-refractivity contribution in [1.29, 1.82) is 0 Å². The maximum absolute atomic E-state index is 11.4. The minimum Gasteiger partial charge on any atom is -0.507 e. The number of benzene rings is 1. The average molecular weight is 206 g/mol. The molecule has 0 bridgehead atoms. The van der Waals surface area contributed by atoms with Gasteiger partial charge in [-0.3, -0.25) is 0 Å². The van der Waals surface area contributed by atoms with E-state index in [2.05, 4.69) is 6.58 Å². The Bertz CT molecular complexity index is 369. The maximum Gasteiger partial charge on any atom is 0.341 e. The van der Waals surface area contributed by atoms with Gasteiger partial charge in [-0.25, -0.2) is 4.79 Å². The quantitative estimate of drug-likeness (QED) is 0.608. The van der Waals surface area contributed by atoms with Crippen LogP contribution in [0.15, 0.2) is 36.4 Å². The number of aromatic hydroxyl groups is 1. The van der Waals surface area contributed by atoms with Gasteiger partial charge < -0.3 is 9.84 Å². The first-order valence-corrected chi connectivity index (χ1v) is 4.70. The first kappa shape index (κ1) is 11.3. The third-order valence-corrected chi connectivity index (χ3v) is 1.89. The Morgan fingerprint density at radius 3 is 2.73 bits per heavy atom. The standard InChI is InChI=1S/C12H14O3/c1-9(2)7-8-15-12(14)10-5-3-4-6-11(10)13/h3-6,13H,1,7-8H2,2H3. The second-order valence-electron chi connectivity index (χ2n) is 3.36. The molecule has 0 heterocycles. The number of phenols is 1. The van der Waals surface area contributed by atoms with Gasteiger partial charge in [-0.2, -0.15) is 0 Å². The molecule has 1 aromatic carbocycles. The molecule has 1 N–H and O–H groups in total. The second-order valence-corrected chi connectivity index (χ2v) is 3.36. The van der Waals surface area contributed by atoms with E-state index in [1.54, 1.807) is 12.1 Å². The molecule has 0 aliphatic heterocycles. The summed E-state index contributed by atoms with van der Waals surface area (Å²) in [6.07, 6.45) is 0.638. The van der Waals surface area contributed by atoms with E-state index in [-0.39, 0.29) is 11.3 Å². The molecule has 0 saturated heterocycles. The van der Waals surface area contributed by atoms with Gasteiger partial charge in [0.2, 0.25) is 0 Å². The highest BCUT2D eigenvalue weighted by Gasteiger charge is 2.10. The molecule has 1 aromatic rings. The van der Waals surface area contributed by atoms with E-state index >= 15 is 0 Å². The van der Waals surface area contributed by atoms with Gasteiger partial charge in [-0.05, 0) is 19.1 Å². The zero-order valence-corrected chi connectivity index (χ0v) is 8.69. The third kappa shape index (κ3) is 3.46. The minimum atomic E-state index is -0.505. The maximum atomic E-state index is 11.4. The molecule has 0 spiro atoms. The van der Waals surface area contributed by atoms with Crippen LogP contribution < -0.4 is 0 Å². The molecule has 0 aliphatic carbocycles. The molecule has 0 fully saturated rings. The molecule has 15 heavy (non-hydrogen) atoms. The van der Waals surface area contributed by atoms with E-state index in [1.165, 1.54) is 12.1 Å². The number of phenolic OH excluding ortho intramolecular Hbond substituents is 1. The van der Waals surface area contributed by atoms with Crippen molar-refractivity contribution in [3.05, 3.63) is 42.0 Å². The predicted molar refractivity (Wildman–Crippen MR) is 57.8 cm³/mol. The van der Waals surface area contributed by atoms with Gasteiger partial charge in [0, 0.05) is 6.42 Å². The molecule has 0 saturated carbocycles. The number of hydrogen-bond donors (Lipinski definition) is 1. The molecule has 0 radical (unpaired) electrons. The van der Waals surface area contributed by atoms with E-state index in [9.17, 15) is 9.90 Å². The average Bonchev–Trinajstić information content (AvgIpc) is 2.17. The summed E-state index contributed by atoms with van der Waals surface area (Å²) in [7, 11) is 0. The molecule has 0 aliphatic rings. The van der Waals surface area contributed by atoms with Crippen molar-refractivity contribution in [2.75, 3.05) is 6.61 Å². The Balaban J connectivity index is 2.54. The fourth-order valence-corrected chi connectivity index (χ4v) is 1.04. The SMILES string of the molecule is C=C(C)CCOC(=O)c1ccccc1O. The molecule has 80 valence electrons. The fraction of sp³-hybridized carbons (Fsp3) is 0.250. The van der Waals surface area contributed by atoms with Crippen LogP contribution in [-0.4, -0.2) is 17.7 Å². The highest BCUT2D eigenvalue weighted by molar-refractivity contribution is 5.92. The summed E-state index contributed by atoms with van der Waals surface area (Å²) < 4.78 is 4.96. The summed E-state index contributed by atoms with van der Waals surface area (Å²) in [6, 6.07) is 6.31. The van der Waals surface area contributed by atoms with Crippen LogP contribution in [0.5, 0.6) is 5.75 Å². The lowest BCUT2D eigenvalue weighted by Gasteiger charge is -2.05. The second kappa shape index (κ2) is 5.20. The molecule has 0 amide bonds. The van der Waals surface area contributed by atoms with Crippen LogP contribution in [0, 0.1) is 0 Å². The van der Waals surface area contributed by atoms with Crippen molar-refractivity contribution in [3.8, 4) is 5.75 Å². The van der Waals surface area contributed by atoms with E-state index in [1.807, 2.05) is 6.92 Å². The Morgan fingerprint density at radius 2 is 2.13 bits per heavy atom. The van der Waals surface area contributed by atoms with Gasteiger partial charge in [-0.15, -0.1) is 6.58 Å². The smallest absolute Gasteiger partial charge is 0.341 e.